The molecule has 0 bridgehead atoms. The van der Waals surface area contributed by atoms with E-state index in [1.807, 2.05) is 13.8 Å². The molecule has 0 amide bonds. The van der Waals surface area contributed by atoms with Gasteiger partial charge in [0, 0.05) is 32.7 Å². The Hall–Kier alpha value is -0.00117. The Morgan fingerprint density at radius 1 is 1.21 bits per heavy atom. The molecule has 3 N–H and O–H groups in total. The van der Waals surface area contributed by atoms with Crippen LogP contribution in [0.3, 0.4) is 0 Å². The summed E-state index contributed by atoms with van der Waals surface area (Å²) in [5.41, 5.74) is 12.1. The van der Waals surface area contributed by atoms with Crippen molar-refractivity contribution >= 4 is 18.8 Å². The number of pyridine rings is 1. The van der Waals surface area contributed by atoms with Crippen LogP contribution >= 0.6 is 0 Å². The smallest absolute Gasteiger partial charge is 0.330 e. The molecule has 0 aliphatic heterocycles. The molecular weight excluding hydrogens is 318 g/mol. The molecule has 0 saturated heterocycles. The zero-order chi connectivity index (χ0) is 14.4. The van der Waals surface area contributed by atoms with Crippen molar-refractivity contribution in [3.8, 4) is 0 Å². The van der Waals surface area contributed by atoms with Gasteiger partial charge in [0.25, 0.3) is 0 Å². The topological polar surface area (TPSA) is 90.0 Å². The van der Waals surface area contributed by atoms with E-state index in [1.54, 1.807) is 39.7 Å². The standard InChI is InChI=1S/C11H17BN2O2.CH4N.Y/c1-10(2,15)11(3,4)16-12-8-5-6-9(13)14-7-8;1-2;/h5-7,15H,1-4H3,(H-,13,14);2H,1H3;/q2*-1;. The van der Waals surface area contributed by atoms with E-state index in [1.165, 1.54) is 7.05 Å². The first-order chi connectivity index (χ1) is 8.22. The minimum Gasteiger partial charge on any atom is -0.680 e. The van der Waals surface area contributed by atoms with Crippen molar-refractivity contribution in [3.05, 3.63) is 29.8 Å². The monoisotopic (exact) mass is 339 g/mol. The molecule has 2 radical (unpaired) electrons. The molecule has 104 valence electrons. The summed E-state index contributed by atoms with van der Waals surface area (Å²) in [6.45, 7) is 7.03. The fraction of sp³-hybridized carbons (Fsp3) is 0.583. The number of aliphatic hydroxyl groups is 1. The van der Waals surface area contributed by atoms with Crippen LogP contribution in [0, 0.1) is 0 Å². The largest absolute Gasteiger partial charge is 0.680 e. The SMILES string of the molecule is CC(C)(O)C(C)(C)O[B]c1ccc([NH-])nc1.C[NH-].[Y]. The van der Waals surface area contributed by atoms with Crippen LogP contribution in [0.4, 0.5) is 5.82 Å². The molecule has 0 aliphatic carbocycles. The van der Waals surface area contributed by atoms with Crippen LogP contribution in [0.15, 0.2) is 18.3 Å². The van der Waals surface area contributed by atoms with Gasteiger partial charge in [0.15, 0.2) is 0 Å². The summed E-state index contributed by atoms with van der Waals surface area (Å²) in [5, 5.41) is 9.88. The summed E-state index contributed by atoms with van der Waals surface area (Å²) in [6, 6.07) is 3.34. The van der Waals surface area contributed by atoms with Crippen LogP contribution in [0.25, 0.3) is 11.5 Å². The quantitative estimate of drug-likeness (QED) is 0.853. The third kappa shape index (κ3) is 7.37. The van der Waals surface area contributed by atoms with Crippen molar-refractivity contribution in [3.63, 3.8) is 0 Å². The first-order valence-corrected chi connectivity index (χ1v) is 5.63. The predicted molar refractivity (Wildman–Crippen MR) is 75.3 cm³/mol. The van der Waals surface area contributed by atoms with E-state index in [9.17, 15) is 5.11 Å². The summed E-state index contributed by atoms with van der Waals surface area (Å²) >= 11 is 0. The maximum Gasteiger partial charge on any atom is 0.330 e. The predicted octanol–water partition coefficient (Wildman–Crippen LogP) is 2.24. The summed E-state index contributed by atoms with van der Waals surface area (Å²) in [7, 11) is 2.80. The van der Waals surface area contributed by atoms with Crippen LogP contribution in [-0.2, 0) is 37.4 Å². The minimum absolute atomic E-state index is 0. The maximum atomic E-state index is 9.88. The van der Waals surface area contributed by atoms with Gasteiger partial charge in [-0.1, -0.05) is 29.6 Å². The van der Waals surface area contributed by atoms with E-state index >= 15 is 0 Å². The molecule has 1 aromatic heterocycles. The van der Waals surface area contributed by atoms with E-state index in [4.69, 9.17) is 16.1 Å². The van der Waals surface area contributed by atoms with Crippen LogP contribution in [-0.4, -0.2) is 35.8 Å². The van der Waals surface area contributed by atoms with E-state index in [0.717, 1.165) is 5.46 Å². The Morgan fingerprint density at radius 2 is 1.74 bits per heavy atom. The number of aromatic nitrogens is 1. The van der Waals surface area contributed by atoms with Gasteiger partial charge in [-0.05, 0) is 27.7 Å². The van der Waals surface area contributed by atoms with Gasteiger partial charge in [-0.2, -0.15) is 7.05 Å². The number of rotatable bonds is 4. The van der Waals surface area contributed by atoms with Gasteiger partial charge in [0.1, 0.15) is 0 Å². The Morgan fingerprint density at radius 3 is 2.11 bits per heavy atom. The average Bonchev–Trinajstić information content (AvgIpc) is 2.29. The van der Waals surface area contributed by atoms with E-state index in [-0.39, 0.29) is 38.5 Å². The third-order valence-electron chi connectivity index (χ3n) is 2.75. The van der Waals surface area contributed by atoms with Crippen molar-refractivity contribution in [2.75, 3.05) is 7.05 Å². The van der Waals surface area contributed by atoms with E-state index < -0.39 is 11.2 Å². The zero-order valence-corrected chi connectivity index (χ0v) is 15.0. The summed E-state index contributed by atoms with van der Waals surface area (Å²) in [6.07, 6.45) is 1.56. The number of hydrogen-bond acceptors (Lipinski definition) is 3. The van der Waals surface area contributed by atoms with Crippen LogP contribution < -0.4 is 5.46 Å². The zero-order valence-electron chi connectivity index (χ0n) is 12.2. The molecule has 1 heterocycles. The average molecular weight is 339 g/mol. The molecule has 0 spiro atoms. The second kappa shape index (κ2) is 9.03. The first-order valence-electron chi connectivity index (χ1n) is 5.63. The first kappa shape index (κ1) is 21.3. The van der Waals surface area contributed by atoms with E-state index in [0.29, 0.717) is 0 Å². The van der Waals surface area contributed by atoms with Crippen molar-refractivity contribution < 1.29 is 42.5 Å². The fourth-order valence-corrected chi connectivity index (χ4v) is 0.835. The van der Waals surface area contributed by atoms with Gasteiger partial charge in [0.05, 0.1) is 11.2 Å². The molecular formula is C12H21BN3O2Y-2. The Balaban J connectivity index is 0. The molecule has 1 aromatic rings. The Kier molecular flexibility index (Phi) is 10.1. The molecule has 0 aliphatic rings. The van der Waals surface area contributed by atoms with Crippen LogP contribution in [0.5, 0.6) is 0 Å². The van der Waals surface area contributed by atoms with Crippen molar-refractivity contribution in [1.82, 2.24) is 4.98 Å². The Labute approximate surface area is 141 Å². The van der Waals surface area contributed by atoms with Crippen LogP contribution in [0.1, 0.15) is 27.7 Å². The molecule has 0 fully saturated rings. The second-order valence-corrected chi connectivity index (χ2v) is 4.78. The molecule has 0 unspecified atom stereocenters. The van der Waals surface area contributed by atoms with Gasteiger partial charge in [-0.15, -0.1) is 0 Å². The number of hydrogen-bond donors (Lipinski definition) is 1. The summed E-state index contributed by atoms with van der Waals surface area (Å²) in [4.78, 5) is 3.83. The number of nitrogens with one attached hydrogen (secondary N) is 2. The summed E-state index contributed by atoms with van der Waals surface area (Å²) in [5.74, 6) is 0.221. The van der Waals surface area contributed by atoms with Gasteiger partial charge < -0.3 is 26.2 Å². The fourth-order valence-electron chi connectivity index (χ4n) is 0.835. The molecule has 0 atom stereocenters. The molecule has 5 nitrogen and oxygen atoms in total. The molecule has 7 heteroatoms. The number of nitrogens with zero attached hydrogens (tertiary/aromatic N) is 1. The van der Waals surface area contributed by atoms with Gasteiger partial charge >= 0.3 is 7.48 Å². The normalized spacial score (nSPS) is 10.9. The van der Waals surface area contributed by atoms with Crippen molar-refractivity contribution in [2.45, 2.75) is 38.9 Å². The Bertz CT molecular complexity index is 353. The molecule has 0 aromatic carbocycles. The van der Waals surface area contributed by atoms with Crippen molar-refractivity contribution in [2.24, 2.45) is 0 Å². The van der Waals surface area contributed by atoms with Crippen molar-refractivity contribution in [1.29, 1.82) is 0 Å². The second-order valence-electron chi connectivity index (χ2n) is 4.78. The van der Waals surface area contributed by atoms with E-state index in [2.05, 4.69) is 4.98 Å². The van der Waals surface area contributed by atoms with Gasteiger partial charge in [0.2, 0.25) is 0 Å². The minimum atomic E-state index is -0.938. The molecule has 19 heavy (non-hydrogen) atoms. The maximum absolute atomic E-state index is 9.88. The van der Waals surface area contributed by atoms with Gasteiger partial charge in [-0.25, -0.2) is 0 Å². The van der Waals surface area contributed by atoms with Gasteiger partial charge in [-0.3, -0.25) is 0 Å². The third-order valence-corrected chi connectivity index (χ3v) is 2.75. The molecule has 0 saturated carbocycles. The molecule has 1 rings (SSSR count). The van der Waals surface area contributed by atoms with Crippen LogP contribution in [0.2, 0.25) is 0 Å². The summed E-state index contributed by atoms with van der Waals surface area (Å²) < 4.78 is 5.54.